The lowest BCUT2D eigenvalue weighted by molar-refractivity contribution is 0.243. The lowest BCUT2D eigenvalue weighted by Crippen LogP contribution is -2.44. The van der Waals surface area contributed by atoms with Crippen molar-refractivity contribution in [1.82, 2.24) is 0 Å². The molecule has 0 unspecified atom stereocenters. The van der Waals surface area contributed by atoms with Crippen LogP contribution in [-0.4, -0.2) is 7.11 Å². The first kappa shape index (κ1) is 10.4. The molecule has 1 aliphatic rings. The fraction of sp³-hybridized carbons (Fsp3) is 0.455. The van der Waals surface area contributed by atoms with E-state index in [4.69, 9.17) is 10.5 Å². The van der Waals surface area contributed by atoms with E-state index < -0.39 is 17.2 Å². The maximum atomic E-state index is 13.5. The minimum Gasteiger partial charge on any atom is -0.494 e. The smallest absolute Gasteiger partial charge is 0.167 e. The molecule has 15 heavy (non-hydrogen) atoms. The fourth-order valence-corrected chi connectivity index (χ4v) is 1.89. The molecule has 2 N–H and O–H groups in total. The van der Waals surface area contributed by atoms with Crippen molar-refractivity contribution in [2.45, 2.75) is 24.8 Å². The number of rotatable bonds is 2. The average molecular weight is 213 g/mol. The zero-order valence-corrected chi connectivity index (χ0v) is 8.52. The first-order chi connectivity index (χ1) is 7.07. The summed E-state index contributed by atoms with van der Waals surface area (Å²) in [7, 11) is 1.35. The zero-order valence-electron chi connectivity index (χ0n) is 8.52. The van der Waals surface area contributed by atoms with E-state index >= 15 is 0 Å². The van der Waals surface area contributed by atoms with Crippen LogP contribution in [0.2, 0.25) is 0 Å². The predicted octanol–water partition coefficient (Wildman–Crippen LogP) is 2.31. The second kappa shape index (κ2) is 3.45. The largest absolute Gasteiger partial charge is 0.494 e. The van der Waals surface area contributed by atoms with Crippen LogP contribution in [0.25, 0.3) is 0 Å². The molecule has 2 nitrogen and oxygen atoms in total. The molecule has 0 spiro atoms. The molecule has 1 aromatic rings. The van der Waals surface area contributed by atoms with Gasteiger partial charge in [-0.25, -0.2) is 8.78 Å². The summed E-state index contributed by atoms with van der Waals surface area (Å²) in [4.78, 5) is 0. The minimum atomic E-state index is -0.693. The number of methoxy groups -OCH3 is 1. The summed E-state index contributed by atoms with van der Waals surface area (Å²) in [6.45, 7) is 0. The Morgan fingerprint density at radius 3 is 2.40 bits per heavy atom. The molecule has 4 heteroatoms. The number of benzene rings is 1. The molecule has 1 saturated carbocycles. The Kier molecular flexibility index (Phi) is 2.38. The number of hydrogen-bond donors (Lipinski definition) is 1. The third kappa shape index (κ3) is 1.59. The Morgan fingerprint density at radius 1 is 1.27 bits per heavy atom. The highest BCUT2D eigenvalue weighted by Gasteiger charge is 2.37. The van der Waals surface area contributed by atoms with Gasteiger partial charge in [0.15, 0.2) is 11.6 Å². The zero-order chi connectivity index (χ0) is 11.1. The molecule has 1 fully saturated rings. The van der Waals surface area contributed by atoms with Crippen LogP contribution >= 0.6 is 0 Å². The maximum Gasteiger partial charge on any atom is 0.167 e. The highest BCUT2D eigenvalue weighted by atomic mass is 19.1. The normalized spacial score (nSPS) is 18.4. The fourth-order valence-electron chi connectivity index (χ4n) is 1.89. The molecule has 1 aromatic carbocycles. The Hall–Kier alpha value is -1.16. The van der Waals surface area contributed by atoms with E-state index in [0.717, 1.165) is 25.3 Å². The van der Waals surface area contributed by atoms with Crippen molar-refractivity contribution in [3.8, 4) is 5.75 Å². The molecule has 0 bridgehead atoms. The van der Waals surface area contributed by atoms with E-state index in [1.807, 2.05) is 0 Å². The molecule has 0 amide bonds. The molecular weight excluding hydrogens is 200 g/mol. The Bertz CT molecular complexity index is 388. The molecule has 0 atom stereocenters. The summed E-state index contributed by atoms with van der Waals surface area (Å²) in [5, 5.41) is 0. The first-order valence-corrected chi connectivity index (χ1v) is 4.89. The van der Waals surface area contributed by atoms with Crippen LogP contribution in [0.3, 0.4) is 0 Å². The Balaban J connectivity index is 2.47. The number of nitrogens with two attached hydrogens (primary N) is 1. The van der Waals surface area contributed by atoms with E-state index in [1.54, 1.807) is 0 Å². The second-order valence-electron chi connectivity index (χ2n) is 3.98. The van der Waals surface area contributed by atoms with Gasteiger partial charge in [0, 0.05) is 17.2 Å². The van der Waals surface area contributed by atoms with Gasteiger partial charge in [0.1, 0.15) is 5.82 Å². The highest BCUT2D eigenvalue weighted by molar-refractivity contribution is 5.37. The van der Waals surface area contributed by atoms with Crippen LogP contribution in [0.5, 0.6) is 5.75 Å². The lowest BCUT2D eigenvalue weighted by atomic mass is 9.72. The summed E-state index contributed by atoms with van der Waals surface area (Å²) in [6, 6.07) is 2.20. The Labute approximate surface area is 87.0 Å². The summed E-state index contributed by atoms with van der Waals surface area (Å²) in [5.41, 5.74) is 5.70. The molecule has 0 radical (unpaired) electrons. The van der Waals surface area contributed by atoms with Crippen LogP contribution in [-0.2, 0) is 5.54 Å². The summed E-state index contributed by atoms with van der Waals surface area (Å²) in [6.07, 6.45) is 2.45. The first-order valence-electron chi connectivity index (χ1n) is 4.89. The molecule has 0 heterocycles. The number of halogens is 2. The third-order valence-corrected chi connectivity index (χ3v) is 3.02. The van der Waals surface area contributed by atoms with Crippen molar-refractivity contribution < 1.29 is 13.5 Å². The molecule has 0 aromatic heterocycles. The van der Waals surface area contributed by atoms with Crippen LogP contribution < -0.4 is 10.5 Å². The van der Waals surface area contributed by atoms with E-state index in [0.29, 0.717) is 5.56 Å². The van der Waals surface area contributed by atoms with E-state index in [9.17, 15) is 8.78 Å². The van der Waals surface area contributed by atoms with E-state index in [2.05, 4.69) is 0 Å². The number of hydrogen-bond acceptors (Lipinski definition) is 2. The quantitative estimate of drug-likeness (QED) is 0.818. The monoisotopic (exact) mass is 213 g/mol. The van der Waals surface area contributed by atoms with Gasteiger partial charge in [-0.3, -0.25) is 0 Å². The minimum absolute atomic E-state index is 0.0446. The second-order valence-corrected chi connectivity index (χ2v) is 3.98. The summed E-state index contributed by atoms with van der Waals surface area (Å²) >= 11 is 0. The van der Waals surface area contributed by atoms with Gasteiger partial charge in [-0.1, -0.05) is 0 Å². The van der Waals surface area contributed by atoms with E-state index in [-0.39, 0.29) is 5.75 Å². The number of ether oxygens (including phenoxy) is 1. The Morgan fingerprint density at radius 2 is 1.93 bits per heavy atom. The van der Waals surface area contributed by atoms with Gasteiger partial charge >= 0.3 is 0 Å². The van der Waals surface area contributed by atoms with Crippen molar-refractivity contribution in [2.24, 2.45) is 5.73 Å². The molecule has 2 rings (SSSR count). The van der Waals surface area contributed by atoms with Gasteiger partial charge in [-0.2, -0.15) is 0 Å². The predicted molar refractivity (Wildman–Crippen MR) is 52.6 cm³/mol. The SMILES string of the molecule is COc1cc(C2(N)CCC2)c(F)cc1F. The molecule has 0 aliphatic heterocycles. The van der Waals surface area contributed by atoms with Crippen LogP contribution in [0, 0.1) is 11.6 Å². The topological polar surface area (TPSA) is 35.2 Å². The van der Waals surface area contributed by atoms with Gasteiger partial charge < -0.3 is 10.5 Å². The van der Waals surface area contributed by atoms with Crippen LogP contribution in [0.4, 0.5) is 8.78 Å². The van der Waals surface area contributed by atoms with Crippen molar-refractivity contribution in [2.75, 3.05) is 7.11 Å². The third-order valence-electron chi connectivity index (χ3n) is 3.02. The molecule has 0 saturated heterocycles. The van der Waals surface area contributed by atoms with Crippen molar-refractivity contribution in [3.63, 3.8) is 0 Å². The van der Waals surface area contributed by atoms with Gasteiger partial charge in [0.05, 0.1) is 7.11 Å². The summed E-state index contributed by atoms with van der Waals surface area (Å²) in [5.74, 6) is -1.24. The highest BCUT2D eigenvalue weighted by Crippen LogP contribution is 2.41. The van der Waals surface area contributed by atoms with Gasteiger partial charge in [0.25, 0.3) is 0 Å². The molecule has 82 valence electrons. The van der Waals surface area contributed by atoms with Crippen molar-refractivity contribution in [1.29, 1.82) is 0 Å². The lowest BCUT2D eigenvalue weighted by Gasteiger charge is -2.38. The molecule has 1 aliphatic carbocycles. The van der Waals surface area contributed by atoms with E-state index in [1.165, 1.54) is 13.2 Å². The average Bonchev–Trinajstić information content (AvgIpc) is 2.15. The maximum absolute atomic E-state index is 13.5. The standard InChI is InChI=1S/C11H13F2NO/c1-15-10-5-7(8(12)6-9(10)13)11(14)3-2-4-11/h5-6H,2-4,14H2,1H3. The molecular formula is C11H13F2NO. The van der Waals surface area contributed by atoms with Crippen molar-refractivity contribution >= 4 is 0 Å². The van der Waals surface area contributed by atoms with Gasteiger partial charge in [-0.15, -0.1) is 0 Å². The van der Waals surface area contributed by atoms with Gasteiger partial charge in [0.2, 0.25) is 0 Å². The van der Waals surface area contributed by atoms with Crippen LogP contribution in [0.1, 0.15) is 24.8 Å². The van der Waals surface area contributed by atoms with Crippen molar-refractivity contribution in [3.05, 3.63) is 29.3 Å². The van der Waals surface area contributed by atoms with Gasteiger partial charge in [-0.05, 0) is 25.3 Å². The van der Waals surface area contributed by atoms with Crippen LogP contribution in [0.15, 0.2) is 12.1 Å². The summed E-state index contributed by atoms with van der Waals surface area (Å²) < 4.78 is 31.5.